The van der Waals surface area contributed by atoms with Crippen molar-refractivity contribution in [1.29, 1.82) is 0 Å². The second kappa shape index (κ2) is 3.76. The summed E-state index contributed by atoms with van der Waals surface area (Å²) in [7, 11) is 4.14. The zero-order valence-corrected chi connectivity index (χ0v) is 9.90. The van der Waals surface area contributed by atoms with Crippen LogP contribution in [0.1, 0.15) is 31.5 Å². The van der Waals surface area contributed by atoms with Crippen molar-refractivity contribution in [2.24, 2.45) is 0 Å². The van der Waals surface area contributed by atoms with Gasteiger partial charge in [-0.3, -0.25) is 0 Å². The van der Waals surface area contributed by atoms with E-state index in [1.54, 1.807) is 11.3 Å². The molecule has 2 nitrogen and oxygen atoms in total. The lowest BCUT2D eigenvalue weighted by Crippen LogP contribution is -2.13. The summed E-state index contributed by atoms with van der Waals surface area (Å²) < 4.78 is 0. The van der Waals surface area contributed by atoms with Gasteiger partial charge in [-0.25, -0.2) is 4.98 Å². The molecule has 0 aliphatic heterocycles. The molecule has 0 aliphatic rings. The van der Waals surface area contributed by atoms with Crippen molar-refractivity contribution >= 4 is 11.3 Å². The van der Waals surface area contributed by atoms with Crippen LogP contribution in [0.15, 0.2) is 5.38 Å². The molecule has 13 heavy (non-hydrogen) atoms. The molecule has 1 heterocycles. The minimum Gasteiger partial charge on any atom is -0.303 e. The van der Waals surface area contributed by atoms with Crippen molar-refractivity contribution in [3.8, 4) is 0 Å². The first-order chi connectivity index (χ1) is 5.89. The zero-order valence-electron chi connectivity index (χ0n) is 9.09. The molecule has 0 atom stereocenters. The van der Waals surface area contributed by atoms with Gasteiger partial charge < -0.3 is 4.90 Å². The van der Waals surface area contributed by atoms with Crippen LogP contribution < -0.4 is 0 Å². The van der Waals surface area contributed by atoms with Crippen LogP contribution >= 0.6 is 11.3 Å². The van der Waals surface area contributed by atoms with E-state index in [4.69, 9.17) is 0 Å². The van der Waals surface area contributed by atoms with Crippen molar-refractivity contribution in [2.45, 2.75) is 32.7 Å². The van der Waals surface area contributed by atoms with E-state index < -0.39 is 0 Å². The second-order valence-corrected chi connectivity index (χ2v) is 5.56. The molecule has 0 amide bonds. The molecular weight excluding hydrogens is 180 g/mol. The van der Waals surface area contributed by atoms with E-state index in [2.05, 4.69) is 50.1 Å². The highest BCUT2D eigenvalue weighted by molar-refractivity contribution is 7.09. The zero-order chi connectivity index (χ0) is 10.1. The highest BCUT2D eigenvalue weighted by Gasteiger charge is 2.17. The van der Waals surface area contributed by atoms with E-state index in [1.165, 1.54) is 10.7 Å². The van der Waals surface area contributed by atoms with E-state index in [1.807, 2.05) is 0 Å². The fourth-order valence-electron chi connectivity index (χ4n) is 0.999. The van der Waals surface area contributed by atoms with E-state index in [0.29, 0.717) is 0 Å². The molecule has 0 aliphatic carbocycles. The summed E-state index contributed by atoms with van der Waals surface area (Å²) in [5, 5.41) is 3.37. The Morgan fingerprint density at radius 2 is 2.00 bits per heavy atom. The third-order valence-electron chi connectivity index (χ3n) is 1.77. The van der Waals surface area contributed by atoms with Crippen molar-refractivity contribution < 1.29 is 0 Å². The first kappa shape index (κ1) is 10.7. The van der Waals surface area contributed by atoms with Crippen molar-refractivity contribution in [2.75, 3.05) is 14.1 Å². The number of thiazole rings is 1. The Labute approximate surface area is 84.6 Å². The molecule has 0 fully saturated rings. The first-order valence-corrected chi connectivity index (χ1v) is 5.37. The van der Waals surface area contributed by atoms with Gasteiger partial charge in [-0.1, -0.05) is 20.8 Å². The lowest BCUT2D eigenvalue weighted by Gasteiger charge is -2.14. The van der Waals surface area contributed by atoms with Crippen molar-refractivity contribution in [3.05, 3.63) is 16.1 Å². The fraction of sp³-hybridized carbons (Fsp3) is 0.700. The van der Waals surface area contributed by atoms with Crippen LogP contribution in [0.5, 0.6) is 0 Å². The molecule has 0 saturated heterocycles. The summed E-state index contributed by atoms with van der Waals surface area (Å²) in [4.78, 5) is 6.74. The van der Waals surface area contributed by atoms with Gasteiger partial charge in [-0.05, 0) is 14.1 Å². The molecule has 74 valence electrons. The molecule has 1 aromatic rings. The van der Waals surface area contributed by atoms with Gasteiger partial charge in [0, 0.05) is 17.3 Å². The predicted octanol–water partition coefficient (Wildman–Crippen LogP) is 2.50. The Morgan fingerprint density at radius 1 is 1.38 bits per heavy atom. The second-order valence-electron chi connectivity index (χ2n) is 4.61. The quantitative estimate of drug-likeness (QED) is 0.726. The highest BCUT2D eigenvalue weighted by atomic mass is 32.1. The summed E-state index contributed by atoms with van der Waals surface area (Å²) >= 11 is 1.75. The molecule has 0 radical (unpaired) electrons. The minimum atomic E-state index is 0.182. The Kier molecular flexibility index (Phi) is 3.09. The summed E-state index contributed by atoms with van der Waals surface area (Å²) in [6.07, 6.45) is 0. The lowest BCUT2D eigenvalue weighted by molar-refractivity contribution is 0.400. The monoisotopic (exact) mass is 198 g/mol. The third kappa shape index (κ3) is 3.08. The van der Waals surface area contributed by atoms with E-state index in [-0.39, 0.29) is 5.41 Å². The highest BCUT2D eigenvalue weighted by Crippen LogP contribution is 2.24. The van der Waals surface area contributed by atoms with Gasteiger partial charge in [-0.2, -0.15) is 0 Å². The normalized spacial score (nSPS) is 12.5. The Morgan fingerprint density at radius 3 is 2.38 bits per heavy atom. The Hall–Kier alpha value is -0.410. The maximum absolute atomic E-state index is 4.60. The number of rotatable bonds is 2. The number of aromatic nitrogens is 1. The van der Waals surface area contributed by atoms with E-state index >= 15 is 0 Å². The molecule has 1 aromatic heterocycles. The molecule has 0 aromatic carbocycles. The Bertz CT molecular complexity index is 271. The van der Waals surface area contributed by atoms with Gasteiger partial charge in [-0.15, -0.1) is 11.3 Å². The van der Waals surface area contributed by atoms with Gasteiger partial charge in [0.05, 0.1) is 5.69 Å². The van der Waals surface area contributed by atoms with Crippen LogP contribution in [-0.2, 0) is 12.0 Å². The molecular formula is C10H18N2S. The largest absolute Gasteiger partial charge is 0.303 e. The molecule has 0 unspecified atom stereocenters. The molecule has 0 spiro atoms. The van der Waals surface area contributed by atoms with Gasteiger partial charge >= 0.3 is 0 Å². The van der Waals surface area contributed by atoms with Crippen LogP contribution in [0.3, 0.4) is 0 Å². The minimum absolute atomic E-state index is 0.182. The SMILES string of the molecule is CN(C)Cc1nc(C(C)(C)C)cs1. The maximum atomic E-state index is 4.60. The van der Waals surface area contributed by atoms with Gasteiger partial charge in [0.25, 0.3) is 0 Å². The smallest absolute Gasteiger partial charge is 0.107 e. The third-order valence-corrected chi connectivity index (χ3v) is 2.61. The number of hydrogen-bond donors (Lipinski definition) is 0. The molecule has 0 N–H and O–H groups in total. The van der Waals surface area contributed by atoms with Crippen LogP contribution in [0.25, 0.3) is 0 Å². The topological polar surface area (TPSA) is 16.1 Å². The average Bonchev–Trinajstić information content (AvgIpc) is 2.32. The summed E-state index contributed by atoms with van der Waals surface area (Å²) in [6.45, 7) is 7.53. The van der Waals surface area contributed by atoms with Gasteiger partial charge in [0.1, 0.15) is 5.01 Å². The Balaban J connectivity index is 2.75. The van der Waals surface area contributed by atoms with E-state index in [9.17, 15) is 0 Å². The molecule has 3 heteroatoms. The lowest BCUT2D eigenvalue weighted by atomic mass is 9.93. The fourth-order valence-corrected chi connectivity index (χ4v) is 2.14. The van der Waals surface area contributed by atoms with Crippen LogP contribution in [0, 0.1) is 0 Å². The summed E-state index contributed by atoms with van der Waals surface area (Å²) in [5.41, 5.74) is 1.38. The van der Waals surface area contributed by atoms with Gasteiger partial charge in [0.15, 0.2) is 0 Å². The van der Waals surface area contributed by atoms with Gasteiger partial charge in [0.2, 0.25) is 0 Å². The van der Waals surface area contributed by atoms with E-state index in [0.717, 1.165) is 6.54 Å². The summed E-state index contributed by atoms with van der Waals surface area (Å²) in [6, 6.07) is 0. The molecule has 1 rings (SSSR count). The van der Waals surface area contributed by atoms with Crippen LogP contribution in [0.2, 0.25) is 0 Å². The van der Waals surface area contributed by atoms with Crippen molar-refractivity contribution in [3.63, 3.8) is 0 Å². The number of nitrogens with zero attached hydrogens (tertiary/aromatic N) is 2. The molecule has 0 bridgehead atoms. The van der Waals surface area contributed by atoms with Crippen molar-refractivity contribution in [1.82, 2.24) is 9.88 Å². The maximum Gasteiger partial charge on any atom is 0.107 e. The predicted molar refractivity (Wildman–Crippen MR) is 58.2 cm³/mol. The number of hydrogen-bond acceptors (Lipinski definition) is 3. The van der Waals surface area contributed by atoms with Crippen LogP contribution in [-0.4, -0.2) is 24.0 Å². The average molecular weight is 198 g/mol. The first-order valence-electron chi connectivity index (χ1n) is 4.49. The standard InChI is InChI=1S/C10H18N2S/c1-10(2,3)8-7-13-9(11-8)6-12(4)5/h7H,6H2,1-5H3. The summed E-state index contributed by atoms with van der Waals surface area (Å²) in [5.74, 6) is 0. The van der Waals surface area contributed by atoms with Crippen LogP contribution in [0.4, 0.5) is 0 Å². The molecule has 0 saturated carbocycles.